The molecular weight excluding hydrogens is 516 g/mol. The number of rotatable bonds is 8. The third kappa shape index (κ3) is 4.49. The van der Waals surface area contributed by atoms with Crippen molar-refractivity contribution in [1.82, 2.24) is 10.2 Å². The smallest absolute Gasteiger partial charge is 0.230 e. The van der Waals surface area contributed by atoms with Crippen molar-refractivity contribution in [2.75, 3.05) is 39.6 Å². The van der Waals surface area contributed by atoms with Gasteiger partial charge in [0.2, 0.25) is 11.7 Å². The molecule has 1 aromatic carbocycles. The third-order valence-corrected chi connectivity index (χ3v) is 9.13. The summed E-state index contributed by atoms with van der Waals surface area (Å²) in [4.78, 5) is 43.2. The third-order valence-electron chi connectivity index (χ3n) is 9.13. The number of carbonyl (C=O) groups is 3. The Hall–Kier alpha value is -2.99. The molecule has 2 saturated carbocycles. The highest BCUT2D eigenvalue weighted by molar-refractivity contribution is 6.25. The highest BCUT2D eigenvalue weighted by atomic mass is 16.3. The number of Topliss-reactive ketones (excluding diaryl/α,β-unsaturated/α-hetero) is 2. The Morgan fingerprint density at radius 3 is 2.42 bits per heavy atom. The number of hydrogen-bond donors (Lipinski definition) is 6. The second kappa shape index (κ2) is 10.8. The van der Waals surface area contributed by atoms with Gasteiger partial charge in [-0.1, -0.05) is 20.3 Å². The van der Waals surface area contributed by atoms with Gasteiger partial charge in [0.25, 0.3) is 0 Å². The first-order valence-corrected chi connectivity index (χ1v) is 13.8. The monoisotopic (exact) mass is 558 g/mol. The largest absolute Gasteiger partial charge is 0.507 e. The number of amides is 1. The number of phenols is 1. The highest BCUT2D eigenvalue weighted by Gasteiger charge is 2.67. The topological polar surface area (TPSA) is 177 Å². The lowest BCUT2D eigenvalue weighted by Crippen LogP contribution is -2.73. The molecule has 220 valence electrons. The molecule has 1 amide bonds. The van der Waals surface area contributed by atoms with Gasteiger partial charge in [0.05, 0.1) is 11.7 Å². The van der Waals surface area contributed by atoms with Crippen molar-refractivity contribution in [3.05, 3.63) is 28.3 Å². The number of nitrogens with one attached hydrogen (secondary N) is 1. The summed E-state index contributed by atoms with van der Waals surface area (Å²) in [5.41, 5.74) is 4.68. The van der Waals surface area contributed by atoms with E-state index in [2.05, 4.69) is 19.2 Å². The summed E-state index contributed by atoms with van der Waals surface area (Å²) in [5, 5.41) is 49.0. The number of primary amides is 1. The minimum absolute atomic E-state index is 0.0873. The van der Waals surface area contributed by atoms with Crippen LogP contribution >= 0.6 is 0 Å². The fourth-order valence-electron chi connectivity index (χ4n) is 6.84. The van der Waals surface area contributed by atoms with Crippen molar-refractivity contribution >= 4 is 28.9 Å². The van der Waals surface area contributed by atoms with Gasteiger partial charge in [-0.25, -0.2) is 0 Å². The van der Waals surface area contributed by atoms with Gasteiger partial charge in [-0.05, 0) is 56.9 Å². The summed E-state index contributed by atoms with van der Waals surface area (Å²) in [6.45, 7) is 5.27. The lowest BCUT2D eigenvalue weighted by molar-refractivity contribution is -0.184. The second-order valence-corrected chi connectivity index (χ2v) is 12.1. The maximum atomic E-state index is 14.0. The Morgan fingerprint density at radius 2 is 1.88 bits per heavy atom. The van der Waals surface area contributed by atoms with Gasteiger partial charge >= 0.3 is 0 Å². The van der Waals surface area contributed by atoms with E-state index >= 15 is 0 Å². The number of nitrogens with zero attached hydrogens (tertiary/aromatic N) is 2. The van der Waals surface area contributed by atoms with Gasteiger partial charge in [0.15, 0.2) is 11.4 Å². The standard InChI is InChI=1S/C29H42N4O7/c1-7-13(2)11-31-12-15-10-18(32(3)4)16-8-14-9-17-22(33(5)6)25(36)21(28(30)39)27(38)29(17,40)26(37)19(14)24(35)20(16)23(15)34/h10,13-14,17,21-22,25,31,34-36,40H,7-9,11-12H2,1-6H3,(H2,30,39)/t13?,14-,17-,21?,22-,25?,29-/m1/s1. The van der Waals surface area contributed by atoms with E-state index in [1.165, 1.54) is 0 Å². The number of fused-ring (bicyclic) bond motifs is 3. The van der Waals surface area contributed by atoms with Crippen LogP contribution in [0.3, 0.4) is 0 Å². The van der Waals surface area contributed by atoms with Crippen molar-refractivity contribution < 1.29 is 34.8 Å². The number of aliphatic hydroxyl groups excluding tert-OH is 2. The molecule has 7 N–H and O–H groups in total. The average molecular weight is 559 g/mol. The van der Waals surface area contributed by atoms with E-state index < -0.39 is 58.7 Å². The molecule has 0 bridgehead atoms. The molecule has 40 heavy (non-hydrogen) atoms. The van der Waals surface area contributed by atoms with Gasteiger partial charge in [-0.2, -0.15) is 0 Å². The summed E-state index contributed by atoms with van der Waals surface area (Å²) < 4.78 is 0. The highest BCUT2D eigenvalue weighted by Crippen LogP contribution is 2.53. The van der Waals surface area contributed by atoms with E-state index in [9.17, 15) is 34.8 Å². The number of phenolic OH excluding ortho intramolecular Hbond substituents is 1. The molecule has 1 aromatic rings. The zero-order chi connectivity index (χ0) is 29.8. The van der Waals surface area contributed by atoms with Crippen LogP contribution in [0.25, 0.3) is 5.76 Å². The van der Waals surface area contributed by atoms with Gasteiger partial charge in [-0.15, -0.1) is 0 Å². The van der Waals surface area contributed by atoms with Crippen molar-refractivity contribution in [1.29, 1.82) is 0 Å². The van der Waals surface area contributed by atoms with Crippen LogP contribution in [-0.2, 0) is 27.3 Å². The van der Waals surface area contributed by atoms with Crippen LogP contribution in [0.2, 0.25) is 0 Å². The van der Waals surface area contributed by atoms with Crippen LogP contribution in [0.4, 0.5) is 5.69 Å². The van der Waals surface area contributed by atoms with E-state index in [-0.39, 0.29) is 29.7 Å². The quantitative estimate of drug-likeness (QED) is 0.244. The van der Waals surface area contributed by atoms with Gasteiger partial charge in [0.1, 0.15) is 17.4 Å². The molecule has 7 atom stereocenters. The van der Waals surface area contributed by atoms with Crippen LogP contribution in [0.15, 0.2) is 11.6 Å². The fourth-order valence-corrected chi connectivity index (χ4v) is 6.84. The molecule has 0 aromatic heterocycles. The van der Waals surface area contributed by atoms with Crippen LogP contribution in [0, 0.1) is 23.7 Å². The van der Waals surface area contributed by atoms with E-state index in [4.69, 9.17) is 5.73 Å². The number of likely N-dealkylation sites (N-methyl/N-ethyl adjacent to an activating group) is 1. The van der Waals surface area contributed by atoms with Gasteiger partial charge in [-0.3, -0.25) is 14.4 Å². The number of hydrogen-bond acceptors (Lipinski definition) is 10. The SMILES string of the molecule is CCC(C)CNCc1cc(N(C)C)c2c(c1O)C(O)=C1C(=O)[C@@]3(O)C(=O)C(C(N)=O)C(O)[C@H](N(C)C)[C@H]3C[C@H]1C2. The molecule has 0 aliphatic heterocycles. The summed E-state index contributed by atoms with van der Waals surface area (Å²) in [6.07, 6.45) is -0.171. The molecule has 3 unspecified atom stereocenters. The van der Waals surface area contributed by atoms with E-state index in [0.717, 1.165) is 18.7 Å². The van der Waals surface area contributed by atoms with Crippen LogP contribution in [-0.4, -0.2) is 95.3 Å². The van der Waals surface area contributed by atoms with Crippen molar-refractivity contribution in [3.8, 4) is 5.75 Å². The molecule has 3 aliphatic rings. The molecule has 3 aliphatic carbocycles. The van der Waals surface area contributed by atoms with Crippen LogP contribution in [0.1, 0.15) is 43.4 Å². The molecule has 0 saturated heterocycles. The van der Waals surface area contributed by atoms with Gasteiger partial charge in [0, 0.05) is 49.4 Å². The number of nitrogens with two attached hydrogens (primary N) is 1. The Morgan fingerprint density at radius 1 is 1.23 bits per heavy atom. The zero-order valence-electron chi connectivity index (χ0n) is 24.1. The van der Waals surface area contributed by atoms with Gasteiger partial charge < -0.3 is 41.3 Å². The first-order valence-electron chi connectivity index (χ1n) is 13.8. The van der Waals surface area contributed by atoms with E-state index in [1.807, 2.05) is 25.1 Å². The van der Waals surface area contributed by atoms with E-state index in [0.29, 0.717) is 23.6 Å². The first kappa shape index (κ1) is 30.0. The van der Waals surface area contributed by atoms with Crippen molar-refractivity contribution in [2.24, 2.45) is 29.4 Å². The molecule has 0 radical (unpaired) electrons. The number of benzene rings is 1. The first-order chi connectivity index (χ1) is 18.7. The maximum absolute atomic E-state index is 14.0. The lowest BCUT2D eigenvalue weighted by atomic mass is 9.54. The van der Waals surface area contributed by atoms with Crippen molar-refractivity contribution in [3.63, 3.8) is 0 Å². The number of anilines is 1. The molecule has 11 heteroatoms. The average Bonchev–Trinajstić information content (AvgIpc) is 2.86. The summed E-state index contributed by atoms with van der Waals surface area (Å²) in [7, 11) is 6.97. The van der Waals surface area contributed by atoms with Crippen LogP contribution < -0.4 is 16.0 Å². The number of aromatic hydroxyl groups is 1. The number of aliphatic hydroxyl groups is 3. The molecule has 0 heterocycles. The summed E-state index contributed by atoms with van der Waals surface area (Å²) >= 11 is 0. The molecular formula is C29H42N4O7. The minimum atomic E-state index is -2.67. The van der Waals surface area contributed by atoms with Crippen LogP contribution in [0.5, 0.6) is 5.75 Å². The summed E-state index contributed by atoms with van der Waals surface area (Å²) in [5.74, 6) is -6.96. The molecule has 11 nitrogen and oxygen atoms in total. The summed E-state index contributed by atoms with van der Waals surface area (Å²) in [6, 6.07) is 0.945. The number of carbonyl (C=O) groups excluding carboxylic acids is 3. The van der Waals surface area contributed by atoms with Crippen molar-refractivity contribution in [2.45, 2.75) is 57.4 Å². The lowest BCUT2D eigenvalue weighted by Gasteiger charge is -2.53. The maximum Gasteiger partial charge on any atom is 0.230 e. The Balaban J connectivity index is 1.86. The Kier molecular flexibility index (Phi) is 8.07. The predicted octanol–water partition coefficient (Wildman–Crippen LogP) is 0.331. The molecule has 2 fully saturated rings. The Labute approximate surface area is 234 Å². The number of ketones is 2. The van der Waals surface area contributed by atoms with E-state index in [1.54, 1.807) is 19.0 Å². The predicted molar refractivity (Wildman–Crippen MR) is 150 cm³/mol. The zero-order valence-corrected chi connectivity index (χ0v) is 24.1. The minimum Gasteiger partial charge on any atom is -0.507 e. The fraction of sp³-hybridized carbons (Fsp3) is 0.621. The normalized spacial score (nSPS) is 30.6. The molecule has 0 spiro atoms. The Bertz CT molecular complexity index is 1260. The second-order valence-electron chi connectivity index (χ2n) is 12.1. The molecule has 4 rings (SSSR count).